The second-order valence-corrected chi connectivity index (χ2v) is 3.58. The van der Waals surface area contributed by atoms with Crippen molar-refractivity contribution < 1.29 is 9.53 Å². The summed E-state index contributed by atoms with van der Waals surface area (Å²) < 4.78 is 5.02. The summed E-state index contributed by atoms with van der Waals surface area (Å²) in [6.45, 7) is 2.24. The van der Waals surface area contributed by atoms with E-state index in [1.807, 2.05) is 4.90 Å². The molecule has 4 heteroatoms. The molecule has 0 aliphatic carbocycles. The molecule has 0 unspecified atom stereocenters. The van der Waals surface area contributed by atoms with Crippen LogP contribution >= 0.6 is 15.9 Å². The minimum atomic E-state index is 0.160. The Hall–Kier alpha value is -0.350. The van der Waals surface area contributed by atoms with Crippen molar-refractivity contribution in [2.45, 2.75) is 6.42 Å². The third-order valence-corrected chi connectivity index (χ3v) is 2.58. The van der Waals surface area contributed by atoms with E-state index in [0.29, 0.717) is 11.9 Å². The van der Waals surface area contributed by atoms with Crippen LogP contribution in [0.2, 0.25) is 0 Å². The van der Waals surface area contributed by atoms with Crippen LogP contribution in [0.15, 0.2) is 11.6 Å². The molecule has 1 aliphatic rings. The summed E-state index contributed by atoms with van der Waals surface area (Å²) in [4.78, 5) is 13.1. The highest BCUT2D eigenvalue weighted by atomic mass is 79.9. The number of ether oxygens (including phenoxy) is 1. The first-order valence-electron chi connectivity index (χ1n) is 4.28. The summed E-state index contributed by atoms with van der Waals surface area (Å²) >= 11 is 3.16. The van der Waals surface area contributed by atoms with Crippen molar-refractivity contribution in [3.63, 3.8) is 0 Å². The Labute approximate surface area is 86.9 Å². The molecule has 1 aliphatic heterocycles. The fraction of sp³-hybridized carbons (Fsp3) is 0.667. The fourth-order valence-corrected chi connectivity index (χ4v) is 1.69. The van der Waals surface area contributed by atoms with Gasteiger partial charge in [-0.25, -0.2) is 0 Å². The molecule has 3 nitrogen and oxygen atoms in total. The van der Waals surface area contributed by atoms with Crippen LogP contribution in [0.1, 0.15) is 6.42 Å². The quantitative estimate of drug-likeness (QED) is 0.554. The predicted octanol–water partition coefficient (Wildman–Crippen LogP) is 1.19. The number of amides is 1. The minimum Gasteiger partial charge on any atom is -0.380 e. The second-order valence-electron chi connectivity index (χ2n) is 3.02. The number of hydrogen-bond donors (Lipinski definition) is 0. The lowest BCUT2D eigenvalue weighted by Gasteiger charge is -2.25. The summed E-state index contributed by atoms with van der Waals surface area (Å²) in [5, 5.41) is 0.417. The molecule has 0 spiro atoms. The van der Waals surface area contributed by atoms with Crippen molar-refractivity contribution in [1.82, 2.24) is 4.90 Å². The van der Waals surface area contributed by atoms with Crippen LogP contribution in [0.5, 0.6) is 0 Å². The van der Waals surface area contributed by atoms with Gasteiger partial charge in [0.15, 0.2) is 0 Å². The van der Waals surface area contributed by atoms with E-state index in [1.165, 1.54) is 5.57 Å². The largest absolute Gasteiger partial charge is 0.380 e. The number of halogens is 1. The molecule has 1 amide bonds. The van der Waals surface area contributed by atoms with Gasteiger partial charge in [0.25, 0.3) is 0 Å². The van der Waals surface area contributed by atoms with E-state index in [1.54, 1.807) is 7.11 Å². The Morgan fingerprint density at radius 2 is 2.54 bits per heavy atom. The van der Waals surface area contributed by atoms with Crippen molar-refractivity contribution in [2.24, 2.45) is 0 Å². The van der Waals surface area contributed by atoms with E-state index in [-0.39, 0.29) is 5.91 Å². The van der Waals surface area contributed by atoms with Gasteiger partial charge in [-0.15, -0.1) is 0 Å². The van der Waals surface area contributed by atoms with Gasteiger partial charge in [-0.2, -0.15) is 0 Å². The molecule has 74 valence electrons. The summed E-state index contributed by atoms with van der Waals surface area (Å²) in [5.74, 6) is 0.160. The zero-order valence-corrected chi connectivity index (χ0v) is 9.34. The van der Waals surface area contributed by atoms with E-state index in [2.05, 4.69) is 22.0 Å². The summed E-state index contributed by atoms with van der Waals surface area (Å²) in [6, 6.07) is 0. The third kappa shape index (κ3) is 3.12. The smallest absolute Gasteiger partial charge is 0.233 e. The van der Waals surface area contributed by atoms with E-state index in [4.69, 9.17) is 4.74 Å². The molecule has 0 saturated heterocycles. The van der Waals surface area contributed by atoms with E-state index < -0.39 is 0 Å². The molecule has 0 atom stereocenters. The Morgan fingerprint density at radius 1 is 1.77 bits per heavy atom. The Bertz CT molecular complexity index is 216. The van der Waals surface area contributed by atoms with Crippen molar-refractivity contribution in [2.75, 3.05) is 32.1 Å². The SMILES string of the molecule is COCC1=CCN(C(=O)CBr)CC1. The average molecular weight is 248 g/mol. The topological polar surface area (TPSA) is 29.5 Å². The molecule has 0 aromatic carbocycles. The van der Waals surface area contributed by atoms with Gasteiger partial charge in [-0.1, -0.05) is 22.0 Å². The normalized spacial score (nSPS) is 17.1. The first-order chi connectivity index (χ1) is 6.27. The monoisotopic (exact) mass is 247 g/mol. The summed E-state index contributed by atoms with van der Waals surface area (Å²) in [7, 11) is 1.69. The standard InChI is InChI=1S/C9H14BrNO2/c1-13-7-8-2-4-11(5-3-8)9(12)6-10/h2H,3-7H2,1H3. The number of carbonyl (C=O) groups is 1. The highest BCUT2D eigenvalue weighted by Gasteiger charge is 2.15. The lowest BCUT2D eigenvalue weighted by Crippen LogP contribution is -2.35. The van der Waals surface area contributed by atoms with Crippen LogP contribution in [-0.2, 0) is 9.53 Å². The van der Waals surface area contributed by atoms with Gasteiger partial charge in [0, 0.05) is 20.2 Å². The van der Waals surface area contributed by atoms with Crippen molar-refractivity contribution >= 4 is 21.8 Å². The van der Waals surface area contributed by atoms with Crippen LogP contribution in [0.3, 0.4) is 0 Å². The zero-order chi connectivity index (χ0) is 9.68. The van der Waals surface area contributed by atoms with Crippen LogP contribution in [0.25, 0.3) is 0 Å². The van der Waals surface area contributed by atoms with Crippen molar-refractivity contribution in [3.05, 3.63) is 11.6 Å². The molecule has 1 heterocycles. The maximum atomic E-state index is 11.2. The predicted molar refractivity (Wildman–Crippen MR) is 55.0 cm³/mol. The lowest BCUT2D eigenvalue weighted by atomic mass is 10.1. The number of carbonyl (C=O) groups excluding carboxylic acids is 1. The summed E-state index contributed by atoms with van der Waals surface area (Å²) in [6.07, 6.45) is 3.01. The molecule has 0 N–H and O–H groups in total. The van der Waals surface area contributed by atoms with Gasteiger partial charge < -0.3 is 9.64 Å². The Kier molecular flexibility index (Phi) is 4.45. The molecule has 0 radical (unpaired) electrons. The molecule has 0 aromatic rings. The number of alkyl halides is 1. The molecule has 0 fully saturated rings. The van der Waals surface area contributed by atoms with E-state index in [0.717, 1.165) is 19.5 Å². The third-order valence-electron chi connectivity index (χ3n) is 2.10. The van der Waals surface area contributed by atoms with Gasteiger partial charge in [-0.05, 0) is 12.0 Å². The summed E-state index contributed by atoms with van der Waals surface area (Å²) in [5.41, 5.74) is 1.29. The maximum absolute atomic E-state index is 11.2. The maximum Gasteiger partial charge on any atom is 0.233 e. The van der Waals surface area contributed by atoms with Crippen LogP contribution in [-0.4, -0.2) is 42.9 Å². The van der Waals surface area contributed by atoms with Crippen LogP contribution < -0.4 is 0 Å². The van der Waals surface area contributed by atoms with Gasteiger partial charge in [0.2, 0.25) is 5.91 Å². The van der Waals surface area contributed by atoms with Gasteiger partial charge in [0.1, 0.15) is 0 Å². The van der Waals surface area contributed by atoms with Crippen LogP contribution in [0, 0.1) is 0 Å². The molecule has 13 heavy (non-hydrogen) atoms. The fourth-order valence-electron chi connectivity index (χ4n) is 1.34. The molecule has 1 rings (SSSR count). The van der Waals surface area contributed by atoms with Crippen LogP contribution in [0.4, 0.5) is 0 Å². The van der Waals surface area contributed by atoms with E-state index in [9.17, 15) is 4.79 Å². The Morgan fingerprint density at radius 3 is 3.00 bits per heavy atom. The van der Waals surface area contributed by atoms with E-state index >= 15 is 0 Å². The van der Waals surface area contributed by atoms with Gasteiger partial charge in [0.05, 0.1) is 11.9 Å². The molecular weight excluding hydrogens is 234 g/mol. The average Bonchev–Trinajstić information content (AvgIpc) is 2.18. The highest BCUT2D eigenvalue weighted by molar-refractivity contribution is 9.09. The lowest BCUT2D eigenvalue weighted by molar-refractivity contribution is -0.127. The first-order valence-corrected chi connectivity index (χ1v) is 5.40. The highest BCUT2D eigenvalue weighted by Crippen LogP contribution is 2.11. The molecule has 0 aromatic heterocycles. The molecular formula is C9H14BrNO2. The Balaban J connectivity index is 2.41. The molecule has 0 bridgehead atoms. The number of methoxy groups -OCH3 is 1. The van der Waals surface area contributed by atoms with Crippen molar-refractivity contribution in [3.8, 4) is 0 Å². The number of nitrogens with zero attached hydrogens (tertiary/aromatic N) is 1. The number of hydrogen-bond acceptors (Lipinski definition) is 2. The number of rotatable bonds is 3. The van der Waals surface area contributed by atoms with Crippen molar-refractivity contribution in [1.29, 1.82) is 0 Å². The zero-order valence-electron chi connectivity index (χ0n) is 7.75. The second kappa shape index (κ2) is 5.40. The van der Waals surface area contributed by atoms with Gasteiger partial charge >= 0.3 is 0 Å². The van der Waals surface area contributed by atoms with Gasteiger partial charge in [-0.3, -0.25) is 4.79 Å². The first kappa shape index (κ1) is 10.7. The molecule has 0 saturated carbocycles. The minimum absolute atomic E-state index is 0.160.